The van der Waals surface area contributed by atoms with Crippen LogP contribution in [-0.2, 0) is 9.53 Å². The molecule has 1 aromatic carbocycles. The fourth-order valence-corrected chi connectivity index (χ4v) is 2.71. The van der Waals surface area contributed by atoms with Crippen molar-refractivity contribution >= 4 is 27.6 Å². The second-order valence-electron chi connectivity index (χ2n) is 4.25. The SMILES string of the molecule is COC(=O)C1CCCN1c1ccc(C#N)c(Br)c1F. The van der Waals surface area contributed by atoms with E-state index < -0.39 is 11.9 Å². The summed E-state index contributed by atoms with van der Waals surface area (Å²) in [5.41, 5.74) is 0.550. The van der Waals surface area contributed by atoms with Gasteiger partial charge in [-0.2, -0.15) is 5.26 Å². The van der Waals surface area contributed by atoms with Gasteiger partial charge in [-0.05, 0) is 40.9 Å². The Bertz CT molecular complexity index is 556. The van der Waals surface area contributed by atoms with Crippen LogP contribution in [0, 0.1) is 17.1 Å². The minimum atomic E-state index is -0.519. The van der Waals surface area contributed by atoms with Crippen molar-refractivity contribution in [2.75, 3.05) is 18.6 Å². The lowest BCUT2D eigenvalue weighted by atomic mass is 10.1. The molecule has 19 heavy (non-hydrogen) atoms. The average Bonchev–Trinajstić information content (AvgIpc) is 2.90. The predicted octanol–water partition coefficient (Wildman–Crippen LogP) is 2.60. The van der Waals surface area contributed by atoms with Crippen LogP contribution in [-0.4, -0.2) is 25.7 Å². The van der Waals surface area contributed by atoms with Gasteiger partial charge in [0.1, 0.15) is 12.1 Å². The molecule has 1 unspecified atom stereocenters. The number of carbonyl (C=O) groups excluding carboxylic acids is 1. The molecule has 0 aliphatic carbocycles. The fraction of sp³-hybridized carbons (Fsp3) is 0.385. The molecular weight excluding hydrogens is 315 g/mol. The van der Waals surface area contributed by atoms with Crippen LogP contribution in [0.4, 0.5) is 10.1 Å². The first-order chi connectivity index (χ1) is 9.10. The number of ether oxygens (including phenoxy) is 1. The van der Waals surface area contributed by atoms with Crippen LogP contribution in [0.25, 0.3) is 0 Å². The van der Waals surface area contributed by atoms with E-state index in [4.69, 9.17) is 10.00 Å². The van der Waals surface area contributed by atoms with Crippen molar-refractivity contribution in [1.82, 2.24) is 0 Å². The highest BCUT2D eigenvalue weighted by Crippen LogP contribution is 2.33. The van der Waals surface area contributed by atoms with Crippen LogP contribution in [0.1, 0.15) is 18.4 Å². The molecule has 0 radical (unpaired) electrons. The Balaban J connectivity index is 2.40. The highest BCUT2D eigenvalue weighted by molar-refractivity contribution is 9.10. The van der Waals surface area contributed by atoms with Crippen molar-refractivity contribution < 1.29 is 13.9 Å². The molecule has 0 spiro atoms. The zero-order valence-corrected chi connectivity index (χ0v) is 11.9. The van der Waals surface area contributed by atoms with Crippen LogP contribution < -0.4 is 4.90 Å². The molecule has 0 amide bonds. The van der Waals surface area contributed by atoms with Crippen LogP contribution in [0.2, 0.25) is 0 Å². The standard InChI is InChI=1S/C13H12BrFN2O2/c1-19-13(18)10-3-2-6-17(10)9-5-4-8(7-16)11(14)12(9)15/h4-5,10H,2-3,6H2,1H3. The number of methoxy groups -OCH3 is 1. The zero-order valence-electron chi connectivity index (χ0n) is 10.3. The molecule has 0 bridgehead atoms. The van der Waals surface area contributed by atoms with Crippen LogP contribution in [0.15, 0.2) is 16.6 Å². The van der Waals surface area contributed by atoms with E-state index in [-0.39, 0.29) is 16.0 Å². The highest BCUT2D eigenvalue weighted by atomic mass is 79.9. The Hall–Kier alpha value is -1.61. The molecule has 0 saturated carbocycles. The lowest BCUT2D eigenvalue weighted by Crippen LogP contribution is -2.37. The maximum atomic E-state index is 14.2. The van der Waals surface area contributed by atoms with E-state index in [2.05, 4.69) is 15.9 Å². The van der Waals surface area contributed by atoms with E-state index in [1.54, 1.807) is 4.90 Å². The van der Waals surface area contributed by atoms with Crippen molar-refractivity contribution in [2.24, 2.45) is 0 Å². The number of anilines is 1. The lowest BCUT2D eigenvalue weighted by molar-refractivity contribution is -0.141. The first kappa shape index (κ1) is 13.8. The number of nitrogens with zero attached hydrogens (tertiary/aromatic N) is 2. The lowest BCUT2D eigenvalue weighted by Gasteiger charge is -2.25. The summed E-state index contributed by atoms with van der Waals surface area (Å²) in [6, 6.07) is 4.51. The number of rotatable bonds is 2. The molecule has 2 rings (SSSR count). The van der Waals surface area contributed by atoms with E-state index in [9.17, 15) is 9.18 Å². The van der Waals surface area contributed by atoms with E-state index in [1.165, 1.54) is 19.2 Å². The predicted molar refractivity (Wildman–Crippen MR) is 71.2 cm³/mol. The molecule has 1 saturated heterocycles. The summed E-state index contributed by atoms with van der Waals surface area (Å²) in [6.07, 6.45) is 1.45. The van der Waals surface area contributed by atoms with E-state index in [1.807, 2.05) is 6.07 Å². The second-order valence-corrected chi connectivity index (χ2v) is 5.04. The van der Waals surface area contributed by atoms with Crippen molar-refractivity contribution in [1.29, 1.82) is 5.26 Å². The summed E-state index contributed by atoms with van der Waals surface area (Å²) in [4.78, 5) is 13.4. The number of benzene rings is 1. The van der Waals surface area contributed by atoms with Gasteiger partial charge in [-0.15, -0.1) is 0 Å². The molecular formula is C13H12BrFN2O2. The Labute approximate surface area is 118 Å². The molecule has 6 heteroatoms. The Morgan fingerprint density at radius 3 is 3.00 bits per heavy atom. The second kappa shape index (κ2) is 5.57. The summed E-state index contributed by atoms with van der Waals surface area (Å²) in [6.45, 7) is 0.592. The van der Waals surface area contributed by atoms with Gasteiger partial charge >= 0.3 is 5.97 Å². The Morgan fingerprint density at radius 1 is 1.63 bits per heavy atom. The zero-order chi connectivity index (χ0) is 14.0. The van der Waals surface area contributed by atoms with Gasteiger partial charge < -0.3 is 9.64 Å². The minimum Gasteiger partial charge on any atom is -0.467 e. The number of halogens is 2. The van der Waals surface area contributed by atoms with Gasteiger partial charge in [-0.25, -0.2) is 9.18 Å². The van der Waals surface area contributed by atoms with Crippen molar-refractivity contribution in [3.63, 3.8) is 0 Å². The fourth-order valence-electron chi connectivity index (χ4n) is 2.28. The Kier molecular flexibility index (Phi) is 4.05. The van der Waals surface area contributed by atoms with Gasteiger partial charge in [0.15, 0.2) is 5.82 Å². The quantitative estimate of drug-likeness (QED) is 0.784. The number of esters is 1. The smallest absolute Gasteiger partial charge is 0.328 e. The maximum absolute atomic E-state index is 14.2. The van der Waals surface area contributed by atoms with E-state index >= 15 is 0 Å². The van der Waals surface area contributed by atoms with Gasteiger partial charge in [0.2, 0.25) is 0 Å². The first-order valence-corrected chi connectivity index (χ1v) is 6.62. The number of carbonyl (C=O) groups is 1. The van der Waals surface area contributed by atoms with E-state index in [0.717, 1.165) is 6.42 Å². The monoisotopic (exact) mass is 326 g/mol. The van der Waals surface area contributed by atoms with Gasteiger partial charge in [-0.1, -0.05) is 0 Å². The average molecular weight is 327 g/mol. The normalized spacial score (nSPS) is 18.2. The molecule has 100 valence electrons. The maximum Gasteiger partial charge on any atom is 0.328 e. The summed E-state index contributed by atoms with van der Waals surface area (Å²) in [5, 5.41) is 8.84. The van der Waals surface area contributed by atoms with Crippen LogP contribution in [0.5, 0.6) is 0 Å². The largest absolute Gasteiger partial charge is 0.467 e. The minimum absolute atomic E-state index is 0.128. The molecule has 1 aromatic rings. The van der Waals surface area contributed by atoms with Crippen molar-refractivity contribution in [3.8, 4) is 6.07 Å². The summed E-state index contributed by atoms with van der Waals surface area (Å²) in [7, 11) is 1.32. The first-order valence-electron chi connectivity index (χ1n) is 5.82. The van der Waals surface area contributed by atoms with E-state index in [0.29, 0.717) is 18.7 Å². The third kappa shape index (κ3) is 2.43. The highest BCUT2D eigenvalue weighted by Gasteiger charge is 2.33. The van der Waals surface area contributed by atoms with Gasteiger partial charge in [0.25, 0.3) is 0 Å². The van der Waals surface area contributed by atoms with Crippen LogP contribution >= 0.6 is 15.9 Å². The molecule has 1 aliphatic rings. The third-order valence-corrected chi connectivity index (χ3v) is 3.99. The molecule has 1 heterocycles. The van der Waals surface area contributed by atoms with Crippen LogP contribution in [0.3, 0.4) is 0 Å². The van der Waals surface area contributed by atoms with Gasteiger partial charge in [0, 0.05) is 6.54 Å². The topological polar surface area (TPSA) is 53.3 Å². The van der Waals surface area contributed by atoms with Gasteiger partial charge in [0.05, 0.1) is 22.8 Å². The molecule has 1 aliphatic heterocycles. The molecule has 0 N–H and O–H groups in total. The summed E-state index contributed by atoms with van der Waals surface area (Å²) >= 11 is 3.07. The molecule has 0 aromatic heterocycles. The van der Waals surface area contributed by atoms with Crippen molar-refractivity contribution in [2.45, 2.75) is 18.9 Å². The molecule has 1 atom stereocenters. The number of nitriles is 1. The summed E-state index contributed by atoms with van der Waals surface area (Å²) < 4.78 is 19.1. The Morgan fingerprint density at radius 2 is 2.37 bits per heavy atom. The van der Waals surface area contributed by atoms with Crippen molar-refractivity contribution in [3.05, 3.63) is 28.0 Å². The number of hydrogen-bond donors (Lipinski definition) is 0. The third-order valence-electron chi connectivity index (χ3n) is 3.22. The number of hydrogen-bond acceptors (Lipinski definition) is 4. The molecule has 4 nitrogen and oxygen atoms in total. The molecule has 1 fully saturated rings. The van der Waals surface area contributed by atoms with Gasteiger partial charge in [-0.3, -0.25) is 0 Å². The summed E-state index contributed by atoms with van der Waals surface area (Å²) in [5.74, 6) is -0.882.